The molecular formula is C23H17N3O3. The maximum absolute atomic E-state index is 12.1. The van der Waals surface area contributed by atoms with E-state index in [4.69, 9.17) is 4.42 Å². The van der Waals surface area contributed by atoms with Crippen molar-refractivity contribution in [1.29, 1.82) is 5.26 Å². The molecule has 2 aromatic heterocycles. The molecule has 0 aliphatic heterocycles. The molecule has 0 spiro atoms. The van der Waals surface area contributed by atoms with E-state index < -0.39 is 0 Å². The Labute approximate surface area is 167 Å². The second-order valence-corrected chi connectivity index (χ2v) is 6.80. The molecule has 0 radical (unpaired) electrons. The summed E-state index contributed by atoms with van der Waals surface area (Å²) >= 11 is 0. The van der Waals surface area contributed by atoms with Crippen molar-refractivity contribution in [3.05, 3.63) is 71.9 Å². The summed E-state index contributed by atoms with van der Waals surface area (Å²) in [7, 11) is 3.42. The van der Waals surface area contributed by atoms with E-state index >= 15 is 0 Å². The van der Waals surface area contributed by atoms with Gasteiger partial charge < -0.3 is 14.4 Å². The predicted molar refractivity (Wildman–Crippen MR) is 109 cm³/mol. The smallest absolute Gasteiger partial charge is 0.253 e. The number of aromatic nitrogens is 1. The fraction of sp³-hybridized carbons (Fsp3) is 0.0870. The fourth-order valence-electron chi connectivity index (χ4n) is 3.14. The van der Waals surface area contributed by atoms with Crippen LogP contribution in [0.25, 0.3) is 33.6 Å². The van der Waals surface area contributed by atoms with Crippen molar-refractivity contribution >= 4 is 17.0 Å². The zero-order valence-electron chi connectivity index (χ0n) is 15.9. The lowest BCUT2D eigenvalue weighted by Gasteiger charge is -2.10. The highest BCUT2D eigenvalue weighted by atomic mass is 16.3. The lowest BCUT2D eigenvalue weighted by molar-refractivity contribution is 0.0827. The minimum atomic E-state index is -0.0641. The first-order valence-corrected chi connectivity index (χ1v) is 8.92. The van der Waals surface area contributed by atoms with Crippen molar-refractivity contribution < 1.29 is 14.3 Å². The van der Waals surface area contributed by atoms with Gasteiger partial charge in [0, 0.05) is 43.0 Å². The number of amides is 1. The summed E-state index contributed by atoms with van der Waals surface area (Å²) in [4.78, 5) is 18.0. The third kappa shape index (κ3) is 3.30. The summed E-state index contributed by atoms with van der Waals surface area (Å²) in [5.41, 5.74) is 4.41. The molecule has 1 amide bonds. The van der Waals surface area contributed by atoms with Gasteiger partial charge >= 0.3 is 0 Å². The van der Waals surface area contributed by atoms with Crippen molar-refractivity contribution in [3.63, 3.8) is 0 Å². The number of carbonyl (C=O) groups excluding carboxylic acids is 1. The Morgan fingerprint density at radius 1 is 1.07 bits per heavy atom. The van der Waals surface area contributed by atoms with Crippen LogP contribution in [0.15, 0.2) is 65.2 Å². The first-order chi connectivity index (χ1) is 14.0. The van der Waals surface area contributed by atoms with Crippen LogP contribution in [0.4, 0.5) is 0 Å². The Balaban J connectivity index is 1.77. The molecule has 2 aromatic carbocycles. The lowest BCUT2D eigenvalue weighted by atomic mass is 10.0. The summed E-state index contributed by atoms with van der Waals surface area (Å²) < 4.78 is 6.09. The zero-order chi connectivity index (χ0) is 20.5. The quantitative estimate of drug-likeness (QED) is 0.565. The van der Waals surface area contributed by atoms with Crippen molar-refractivity contribution in [2.45, 2.75) is 0 Å². The highest BCUT2D eigenvalue weighted by Gasteiger charge is 2.14. The number of carbonyl (C=O) groups is 1. The first-order valence-electron chi connectivity index (χ1n) is 8.92. The van der Waals surface area contributed by atoms with Crippen LogP contribution in [-0.2, 0) is 0 Å². The topological polar surface area (TPSA) is 90.4 Å². The second kappa shape index (κ2) is 7.13. The number of nitriles is 1. The standard InChI is InChI=1S/C23H17N3O3/c1-26(2)23(28)15-5-3-14(4-6-15)21-12-19-22(29-21)18(9-10-25-19)16-7-8-20(27)17(11-16)13-24/h3-12,27H,1-2H3. The summed E-state index contributed by atoms with van der Waals surface area (Å²) in [6, 6.07) is 17.7. The molecular weight excluding hydrogens is 366 g/mol. The van der Waals surface area contributed by atoms with Gasteiger partial charge in [0.25, 0.3) is 5.91 Å². The summed E-state index contributed by atoms with van der Waals surface area (Å²) in [6.07, 6.45) is 1.68. The number of rotatable bonds is 3. The van der Waals surface area contributed by atoms with Gasteiger partial charge in [-0.25, -0.2) is 0 Å². The Kier molecular flexibility index (Phi) is 4.49. The highest BCUT2D eigenvalue weighted by molar-refractivity contribution is 5.95. The first kappa shape index (κ1) is 18.3. The van der Waals surface area contributed by atoms with Gasteiger partial charge in [-0.15, -0.1) is 0 Å². The van der Waals surface area contributed by atoms with Crippen LogP contribution >= 0.6 is 0 Å². The van der Waals surface area contributed by atoms with Crippen LogP contribution in [0.5, 0.6) is 5.75 Å². The average Bonchev–Trinajstić information content (AvgIpc) is 3.18. The molecule has 0 atom stereocenters. The molecule has 0 unspecified atom stereocenters. The predicted octanol–water partition coefficient (Wildman–Crippen LogP) is 4.44. The van der Waals surface area contributed by atoms with E-state index in [9.17, 15) is 15.2 Å². The van der Waals surface area contributed by atoms with E-state index in [2.05, 4.69) is 4.98 Å². The summed E-state index contributed by atoms with van der Waals surface area (Å²) in [6.45, 7) is 0. The van der Waals surface area contributed by atoms with E-state index in [0.717, 1.165) is 16.7 Å². The van der Waals surface area contributed by atoms with Gasteiger partial charge in [-0.3, -0.25) is 9.78 Å². The minimum Gasteiger partial charge on any atom is -0.507 e. The lowest BCUT2D eigenvalue weighted by Crippen LogP contribution is -2.21. The summed E-state index contributed by atoms with van der Waals surface area (Å²) in [5.74, 6) is 0.503. The molecule has 4 rings (SSSR count). The molecule has 142 valence electrons. The van der Waals surface area contributed by atoms with Crippen molar-refractivity contribution in [2.75, 3.05) is 14.1 Å². The highest BCUT2D eigenvalue weighted by Crippen LogP contribution is 2.35. The van der Waals surface area contributed by atoms with Gasteiger partial charge in [-0.2, -0.15) is 5.26 Å². The number of pyridine rings is 1. The number of phenols is 1. The zero-order valence-corrected chi connectivity index (χ0v) is 15.9. The minimum absolute atomic E-state index is 0.0611. The summed E-state index contributed by atoms with van der Waals surface area (Å²) in [5, 5.41) is 18.9. The molecule has 6 heteroatoms. The number of benzene rings is 2. The number of nitrogens with zero attached hydrogens (tertiary/aromatic N) is 3. The Hall–Kier alpha value is -4.11. The number of hydrogen-bond acceptors (Lipinski definition) is 5. The van der Waals surface area contributed by atoms with Crippen LogP contribution in [0, 0.1) is 11.3 Å². The number of aromatic hydroxyl groups is 1. The van der Waals surface area contributed by atoms with E-state index in [1.54, 1.807) is 44.6 Å². The molecule has 0 saturated heterocycles. The molecule has 29 heavy (non-hydrogen) atoms. The van der Waals surface area contributed by atoms with Crippen LogP contribution in [0.2, 0.25) is 0 Å². The van der Waals surface area contributed by atoms with E-state index in [0.29, 0.717) is 22.4 Å². The van der Waals surface area contributed by atoms with Crippen molar-refractivity contribution in [2.24, 2.45) is 0 Å². The molecule has 0 fully saturated rings. The maximum Gasteiger partial charge on any atom is 0.253 e. The molecule has 1 N–H and O–H groups in total. The van der Waals surface area contributed by atoms with E-state index in [-0.39, 0.29) is 17.2 Å². The monoisotopic (exact) mass is 383 g/mol. The fourth-order valence-corrected chi connectivity index (χ4v) is 3.14. The molecule has 0 aliphatic carbocycles. The van der Waals surface area contributed by atoms with Gasteiger partial charge in [0.05, 0.1) is 5.56 Å². The maximum atomic E-state index is 12.1. The third-order valence-electron chi connectivity index (χ3n) is 4.66. The normalized spacial score (nSPS) is 10.7. The van der Waals surface area contributed by atoms with Crippen LogP contribution in [-0.4, -0.2) is 35.0 Å². The van der Waals surface area contributed by atoms with Gasteiger partial charge in [0.15, 0.2) is 5.58 Å². The van der Waals surface area contributed by atoms with E-state index in [1.807, 2.05) is 30.3 Å². The van der Waals surface area contributed by atoms with Gasteiger partial charge in [0.2, 0.25) is 0 Å². The van der Waals surface area contributed by atoms with Crippen LogP contribution in [0.3, 0.4) is 0 Å². The van der Waals surface area contributed by atoms with Crippen molar-refractivity contribution in [1.82, 2.24) is 9.88 Å². The Morgan fingerprint density at radius 3 is 2.48 bits per heavy atom. The van der Waals surface area contributed by atoms with Crippen LogP contribution < -0.4 is 0 Å². The molecule has 0 saturated carbocycles. The van der Waals surface area contributed by atoms with Gasteiger partial charge in [0.1, 0.15) is 23.1 Å². The van der Waals surface area contributed by atoms with E-state index in [1.165, 1.54) is 11.0 Å². The SMILES string of the molecule is CN(C)C(=O)c1ccc(-c2cc3nccc(-c4ccc(O)c(C#N)c4)c3o2)cc1. The Bertz CT molecular complexity index is 1270. The van der Waals surface area contributed by atoms with Gasteiger partial charge in [-0.1, -0.05) is 18.2 Å². The average molecular weight is 383 g/mol. The number of fused-ring (bicyclic) bond motifs is 1. The van der Waals surface area contributed by atoms with Crippen LogP contribution in [0.1, 0.15) is 15.9 Å². The number of furan rings is 1. The number of phenolic OH excluding ortho intramolecular Hbond substituents is 1. The second-order valence-electron chi connectivity index (χ2n) is 6.80. The molecule has 6 nitrogen and oxygen atoms in total. The molecule has 0 aliphatic rings. The van der Waals surface area contributed by atoms with Crippen molar-refractivity contribution in [3.8, 4) is 34.3 Å². The number of hydrogen-bond donors (Lipinski definition) is 1. The largest absolute Gasteiger partial charge is 0.507 e. The molecule has 2 heterocycles. The Morgan fingerprint density at radius 2 is 1.79 bits per heavy atom. The molecule has 4 aromatic rings. The molecule has 0 bridgehead atoms. The third-order valence-corrected chi connectivity index (χ3v) is 4.66. The van der Waals surface area contributed by atoms with Gasteiger partial charge in [-0.05, 0) is 35.9 Å².